The summed E-state index contributed by atoms with van der Waals surface area (Å²) >= 11 is 13.8. The zero-order valence-corrected chi connectivity index (χ0v) is 16.6. The fraction of sp³-hybridized carbons (Fsp3) is 0.412. The summed E-state index contributed by atoms with van der Waals surface area (Å²) in [6, 6.07) is 2.81. The van der Waals surface area contributed by atoms with Gasteiger partial charge in [0.1, 0.15) is 4.58 Å². The normalized spacial score (nSPS) is 22.2. The summed E-state index contributed by atoms with van der Waals surface area (Å²) in [7, 11) is -3.46. The molecule has 1 unspecified atom stereocenters. The molecule has 8 heteroatoms. The number of allylic oxidation sites excluding steroid dienone is 2. The Morgan fingerprint density at radius 3 is 2.64 bits per heavy atom. The lowest BCUT2D eigenvalue weighted by atomic mass is 9.91. The average molecular weight is 419 g/mol. The molecule has 1 aromatic carbocycles. The van der Waals surface area contributed by atoms with Crippen LogP contribution in [0.15, 0.2) is 27.6 Å². The fourth-order valence-electron chi connectivity index (χ4n) is 3.18. The lowest BCUT2D eigenvalue weighted by Crippen LogP contribution is -2.18. The van der Waals surface area contributed by atoms with E-state index in [9.17, 15) is 18.0 Å². The second-order valence-corrected chi connectivity index (χ2v) is 10.6. The summed E-state index contributed by atoms with van der Waals surface area (Å²) in [6.45, 7) is 1.89. The topological polar surface area (TPSA) is 68.3 Å². The van der Waals surface area contributed by atoms with E-state index in [1.807, 2.05) is 6.92 Å². The van der Waals surface area contributed by atoms with Crippen molar-refractivity contribution in [3.8, 4) is 0 Å². The van der Waals surface area contributed by atoms with E-state index in [2.05, 4.69) is 0 Å². The van der Waals surface area contributed by atoms with Gasteiger partial charge in [0.25, 0.3) is 0 Å². The molecule has 0 aromatic heterocycles. The highest BCUT2D eigenvalue weighted by molar-refractivity contribution is 8.13. The third kappa shape index (κ3) is 3.18. The molecule has 3 rings (SSSR count). The Labute approximate surface area is 160 Å². The highest BCUT2D eigenvalue weighted by atomic mass is 35.5. The van der Waals surface area contributed by atoms with Crippen molar-refractivity contribution in [1.82, 2.24) is 0 Å². The van der Waals surface area contributed by atoms with Gasteiger partial charge in [-0.2, -0.15) is 0 Å². The molecule has 1 aliphatic heterocycles. The Morgan fingerprint density at radius 1 is 1.28 bits per heavy atom. The zero-order valence-electron chi connectivity index (χ0n) is 13.5. The van der Waals surface area contributed by atoms with E-state index in [0.717, 1.165) is 0 Å². The molecular formula is C17H16Cl2O4S2. The average Bonchev–Trinajstić information content (AvgIpc) is 2.80. The van der Waals surface area contributed by atoms with Crippen molar-refractivity contribution in [3.63, 3.8) is 0 Å². The number of halogens is 2. The minimum atomic E-state index is -3.46. The van der Waals surface area contributed by atoms with Gasteiger partial charge in [-0.15, -0.1) is 11.8 Å². The first-order valence-electron chi connectivity index (χ1n) is 7.92. The molecular weight excluding hydrogens is 403 g/mol. The molecule has 4 nitrogen and oxygen atoms in total. The minimum Gasteiger partial charge on any atom is -0.294 e. The molecule has 1 aliphatic carbocycles. The van der Waals surface area contributed by atoms with Crippen LogP contribution in [-0.2, 0) is 21.1 Å². The number of sulfone groups is 1. The fourth-order valence-corrected chi connectivity index (χ4v) is 7.43. The van der Waals surface area contributed by atoms with E-state index >= 15 is 0 Å². The predicted molar refractivity (Wildman–Crippen MR) is 100 cm³/mol. The van der Waals surface area contributed by atoms with Crippen LogP contribution in [0.4, 0.5) is 0 Å². The molecule has 0 N–H and O–H groups in total. The highest BCUT2D eigenvalue weighted by Crippen LogP contribution is 2.42. The van der Waals surface area contributed by atoms with Gasteiger partial charge in [0.15, 0.2) is 21.4 Å². The molecule has 0 radical (unpaired) electrons. The summed E-state index contributed by atoms with van der Waals surface area (Å²) < 4.78 is 24.5. The van der Waals surface area contributed by atoms with Crippen molar-refractivity contribution >= 4 is 56.4 Å². The molecule has 0 saturated heterocycles. The van der Waals surface area contributed by atoms with Crippen molar-refractivity contribution in [2.75, 3.05) is 5.75 Å². The Hall–Kier alpha value is -0.820. The maximum atomic E-state index is 12.8. The largest absolute Gasteiger partial charge is 0.294 e. The molecule has 1 atom stereocenters. The molecule has 0 spiro atoms. The van der Waals surface area contributed by atoms with Gasteiger partial charge >= 0.3 is 0 Å². The number of hydrogen-bond donors (Lipinski definition) is 0. The van der Waals surface area contributed by atoms with Crippen LogP contribution in [0.2, 0.25) is 5.02 Å². The number of Topliss-reactive ketones (excluding diaryl/α,β-unsaturated/α-hetero) is 2. The smallest absolute Gasteiger partial charge is 0.199 e. The van der Waals surface area contributed by atoms with E-state index in [4.69, 9.17) is 23.2 Å². The second kappa shape index (κ2) is 7.06. The van der Waals surface area contributed by atoms with Gasteiger partial charge < -0.3 is 0 Å². The third-order valence-electron chi connectivity index (χ3n) is 4.40. The standard InChI is InChI=1S/C17H16Cl2O4S2/c1-2-24-14-8-10-13(25(14,22)23)7-6-9(16(10)19)17(21)15-11(18)4-3-5-12(15)20/h6-7,14H,2-5,8H2,1H3. The molecule has 0 amide bonds. The number of ketones is 2. The van der Waals surface area contributed by atoms with Gasteiger partial charge in [-0.3, -0.25) is 9.59 Å². The first kappa shape index (κ1) is 19.0. The zero-order chi connectivity index (χ0) is 18.4. The van der Waals surface area contributed by atoms with E-state index in [1.54, 1.807) is 0 Å². The van der Waals surface area contributed by atoms with Gasteiger partial charge in [0.2, 0.25) is 0 Å². The number of carbonyl (C=O) groups is 2. The first-order valence-corrected chi connectivity index (χ1v) is 11.3. The lowest BCUT2D eigenvalue weighted by molar-refractivity contribution is -0.115. The molecule has 2 aliphatic rings. The quantitative estimate of drug-likeness (QED) is 0.541. The summed E-state index contributed by atoms with van der Waals surface area (Å²) in [6.07, 6.45) is 1.65. The number of fused-ring (bicyclic) bond motifs is 1. The highest BCUT2D eigenvalue weighted by Gasteiger charge is 2.40. The third-order valence-corrected chi connectivity index (χ3v) is 9.10. The molecule has 134 valence electrons. The number of rotatable bonds is 4. The maximum Gasteiger partial charge on any atom is 0.199 e. The van der Waals surface area contributed by atoms with Crippen molar-refractivity contribution in [3.05, 3.63) is 38.9 Å². The van der Waals surface area contributed by atoms with Crippen molar-refractivity contribution in [2.45, 2.75) is 42.1 Å². The molecule has 1 heterocycles. The van der Waals surface area contributed by atoms with Gasteiger partial charge in [0, 0.05) is 23.4 Å². The first-order chi connectivity index (χ1) is 11.8. The monoisotopic (exact) mass is 418 g/mol. The van der Waals surface area contributed by atoms with Crippen molar-refractivity contribution < 1.29 is 18.0 Å². The Morgan fingerprint density at radius 2 is 2.00 bits per heavy atom. The minimum absolute atomic E-state index is 0.0184. The molecule has 0 bridgehead atoms. The number of benzene rings is 1. The summed E-state index contributed by atoms with van der Waals surface area (Å²) in [5, 5.41) is 0.366. The van der Waals surface area contributed by atoms with Crippen LogP contribution in [0.1, 0.15) is 42.1 Å². The van der Waals surface area contributed by atoms with Crippen molar-refractivity contribution in [1.29, 1.82) is 0 Å². The Kier molecular flexibility index (Phi) is 5.36. The molecule has 0 fully saturated rings. The molecule has 25 heavy (non-hydrogen) atoms. The van der Waals surface area contributed by atoms with Crippen LogP contribution in [-0.4, -0.2) is 30.3 Å². The van der Waals surface area contributed by atoms with E-state index in [-0.39, 0.29) is 44.7 Å². The number of thioether (sulfide) groups is 1. The van der Waals surface area contributed by atoms with E-state index in [0.29, 0.717) is 24.2 Å². The summed E-state index contributed by atoms with van der Waals surface area (Å²) in [5.74, 6) is -0.144. The van der Waals surface area contributed by atoms with Crippen molar-refractivity contribution in [2.24, 2.45) is 0 Å². The predicted octanol–water partition coefficient (Wildman–Crippen LogP) is 4.18. The Bertz CT molecular complexity index is 903. The second-order valence-electron chi connectivity index (χ2n) is 5.92. The molecule has 1 aromatic rings. The van der Waals surface area contributed by atoms with E-state index in [1.165, 1.54) is 23.9 Å². The Balaban J connectivity index is 2.07. The SMILES string of the molecule is CCSC1Cc2c(ccc(C(=O)C3=C(Cl)CCCC3=O)c2Cl)S1(=O)=O. The molecule has 0 saturated carbocycles. The number of carbonyl (C=O) groups excluding carboxylic acids is 2. The van der Waals surface area contributed by atoms with E-state index < -0.39 is 20.2 Å². The van der Waals surface area contributed by atoms with Crippen LogP contribution in [0, 0.1) is 0 Å². The number of hydrogen-bond acceptors (Lipinski definition) is 5. The maximum absolute atomic E-state index is 12.8. The van der Waals surface area contributed by atoms with Crippen LogP contribution in [0.25, 0.3) is 0 Å². The van der Waals surface area contributed by atoms with Gasteiger partial charge in [-0.05, 0) is 36.3 Å². The van der Waals surface area contributed by atoms with Gasteiger partial charge in [0.05, 0.1) is 15.5 Å². The lowest BCUT2D eigenvalue weighted by Gasteiger charge is -2.15. The summed E-state index contributed by atoms with van der Waals surface area (Å²) in [4.78, 5) is 25.1. The van der Waals surface area contributed by atoms with Gasteiger partial charge in [-0.25, -0.2) is 8.42 Å². The van der Waals surface area contributed by atoms with Crippen LogP contribution in [0.5, 0.6) is 0 Å². The summed E-state index contributed by atoms with van der Waals surface area (Å²) in [5.41, 5.74) is 0.578. The van der Waals surface area contributed by atoms with Crippen LogP contribution < -0.4 is 0 Å². The van der Waals surface area contributed by atoms with Crippen LogP contribution in [0.3, 0.4) is 0 Å². The van der Waals surface area contributed by atoms with Gasteiger partial charge in [-0.1, -0.05) is 30.1 Å². The van der Waals surface area contributed by atoms with Crippen LogP contribution >= 0.6 is 35.0 Å².